The highest BCUT2D eigenvalue weighted by Crippen LogP contribution is 2.11. The van der Waals surface area contributed by atoms with E-state index in [9.17, 15) is 0 Å². The van der Waals surface area contributed by atoms with Crippen molar-refractivity contribution in [2.45, 2.75) is 58.5 Å². The molecular formula is C14H27N3O. The summed E-state index contributed by atoms with van der Waals surface area (Å²) in [5.41, 5.74) is 0. The van der Waals surface area contributed by atoms with E-state index in [2.05, 4.69) is 28.7 Å². The number of methoxy groups -OCH3 is 1. The van der Waals surface area contributed by atoms with Gasteiger partial charge in [0.15, 0.2) is 0 Å². The van der Waals surface area contributed by atoms with E-state index in [4.69, 9.17) is 4.74 Å². The number of unbranched alkanes of at least 4 members (excludes halogenated alkanes) is 2. The predicted molar refractivity (Wildman–Crippen MR) is 75.9 cm³/mol. The maximum Gasteiger partial charge on any atom is 0.202 e. The molecular weight excluding hydrogens is 226 g/mol. The molecule has 0 aliphatic heterocycles. The Bertz CT molecular complexity index is 312. The summed E-state index contributed by atoms with van der Waals surface area (Å²) in [4.78, 5) is 4.37. The molecule has 4 nitrogen and oxygen atoms in total. The number of aryl methyl sites for hydroxylation is 1. The van der Waals surface area contributed by atoms with E-state index in [1.54, 1.807) is 7.11 Å². The zero-order valence-corrected chi connectivity index (χ0v) is 12.0. The van der Waals surface area contributed by atoms with Crippen LogP contribution in [0, 0.1) is 0 Å². The Morgan fingerprint density at radius 2 is 2.22 bits per heavy atom. The van der Waals surface area contributed by atoms with E-state index < -0.39 is 0 Å². The number of aromatic nitrogens is 2. The average Bonchev–Trinajstić information content (AvgIpc) is 2.77. The van der Waals surface area contributed by atoms with Crippen LogP contribution in [0.2, 0.25) is 0 Å². The molecule has 0 amide bonds. The Labute approximate surface area is 111 Å². The third kappa shape index (κ3) is 5.54. The molecule has 1 atom stereocenters. The number of imidazole rings is 1. The molecule has 0 bridgehead atoms. The third-order valence-corrected chi connectivity index (χ3v) is 3.08. The molecule has 0 aliphatic carbocycles. The molecule has 1 rings (SSSR count). The molecule has 0 radical (unpaired) electrons. The summed E-state index contributed by atoms with van der Waals surface area (Å²) < 4.78 is 7.23. The molecule has 18 heavy (non-hydrogen) atoms. The number of rotatable bonds is 10. The fourth-order valence-electron chi connectivity index (χ4n) is 2.00. The van der Waals surface area contributed by atoms with Gasteiger partial charge in [0.05, 0.1) is 0 Å². The lowest BCUT2D eigenvalue weighted by molar-refractivity contribution is 0.190. The van der Waals surface area contributed by atoms with Gasteiger partial charge < -0.3 is 14.6 Å². The van der Waals surface area contributed by atoms with E-state index >= 15 is 0 Å². The summed E-state index contributed by atoms with van der Waals surface area (Å²) in [7, 11) is 1.74. The SMILES string of the molecule is CCCCCC(C)Nc1nccn1CCCOC. The normalized spacial score (nSPS) is 12.6. The van der Waals surface area contributed by atoms with Crippen LogP contribution >= 0.6 is 0 Å². The zero-order chi connectivity index (χ0) is 13.2. The molecule has 4 heteroatoms. The van der Waals surface area contributed by atoms with Crippen LogP contribution in [-0.4, -0.2) is 29.3 Å². The lowest BCUT2D eigenvalue weighted by Crippen LogP contribution is -2.18. The summed E-state index contributed by atoms with van der Waals surface area (Å²) in [5.74, 6) is 0.982. The number of nitrogens with one attached hydrogen (secondary N) is 1. The average molecular weight is 253 g/mol. The molecule has 0 saturated heterocycles. The highest BCUT2D eigenvalue weighted by atomic mass is 16.5. The minimum absolute atomic E-state index is 0.486. The molecule has 0 aromatic carbocycles. The molecule has 0 fully saturated rings. The monoisotopic (exact) mass is 253 g/mol. The first-order valence-corrected chi connectivity index (χ1v) is 7.04. The fourth-order valence-corrected chi connectivity index (χ4v) is 2.00. The second-order valence-electron chi connectivity index (χ2n) is 4.83. The van der Waals surface area contributed by atoms with Crippen molar-refractivity contribution in [3.63, 3.8) is 0 Å². The van der Waals surface area contributed by atoms with Crippen LogP contribution in [0.4, 0.5) is 5.95 Å². The van der Waals surface area contributed by atoms with Gasteiger partial charge in [0.1, 0.15) is 0 Å². The van der Waals surface area contributed by atoms with Gasteiger partial charge in [-0.25, -0.2) is 4.98 Å². The Kier molecular flexibility index (Phi) is 7.49. The minimum atomic E-state index is 0.486. The van der Waals surface area contributed by atoms with Gasteiger partial charge in [-0.05, 0) is 19.8 Å². The van der Waals surface area contributed by atoms with Crippen LogP contribution in [0.1, 0.15) is 46.0 Å². The van der Waals surface area contributed by atoms with E-state index in [0.717, 1.165) is 25.5 Å². The third-order valence-electron chi connectivity index (χ3n) is 3.08. The van der Waals surface area contributed by atoms with Crippen molar-refractivity contribution in [2.75, 3.05) is 19.0 Å². The van der Waals surface area contributed by atoms with Crippen LogP contribution in [-0.2, 0) is 11.3 Å². The van der Waals surface area contributed by atoms with Gasteiger partial charge in [0.25, 0.3) is 0 Å². The Morgan fingerprint density at radius 3 is 2.94 bits per heavy atom. The maximum atomic E-state index is 5.07. The zero-order valence-electron chi connectivity index (χ0n) is 12.0. The van der Waals surface area contributed by atoms with Crippen LogP contribution in [0.15, 0.2) is 12.4 Å². The second-order valence-corrected chi connectivity index (χ2v) is 4.83. The largest absolute Gasteiger partial charge is 0.385 e. The van der Waals surface area contributed by atoms with Crippen molar-refractivity contribution in [2.24, 2.45) is 0 Å². The minimum Gasteiger partial charge on any atom is -0.385 e. The summed E-state index contributed by atoms with van der Waals surface area (Å²) in [5, 5.41) is 3.49. The molecule has 1 N–H and O–H groups in total. The number of hydrogen-bond acceptors (Lipinski definition) is 3. The summed E-state index contributed by atoms with van der Waals surface area (Å²) in [6.45, 7) is 6.21. The lowest BCUT2D eigenvalue weighted by Gasteiger charge is -2.15. The van der Waals surface area contributed by atoms with Crippen LogP contribution in [0.3, 0.4) is 0 Å². The maximum absolute atomic E-state index is 5.07. The molecule has 1 aromatic rings. The van der Waals surface area contributed by atoms with Crippen LogP contribution in [0.25, 0.3) is 0 Å². The van der Waals surface area contributed by atoms with Crippen molar-refractivity contribution >= 4 is 5.95 Å². The molecule has 0 spiro atoms. The van der Waals surface area contributed by atoms with Crippen LogP contribution < -0.4 is 5.32 Å². The smallest absolute Gasteiger partial charge is 0.202 e. The quantitative estimate of drug-likeness (QED) is 0.650. The first kappa shape index (κ1) is 15.0. The highest BCUT2D eigenvalue weighted by molar-refractivity contribution is 5.27. The highest BCUT2D eigenvalue weighted by Gasteiger charge is 2.06. The molecule has 0 saturated carbocycles. The van der Waals surface area contributed by atoms with E-state index in [1.807, 2.05) is 12.4 Å². The number of ether oxygens (including phenoxy) is 1. The second kappa shape index (κ2) is 8.97. The van der Waals surface area contributed by atoms with Gasteiger partial charge in [0, 0.05) is 38.7 Å². The molecule has 104 valence electrons. The summed E-state index contributed by atoms with van der Waals surface area (Å²) in [6.07, 6.45) is 9.98. The van der Waals surface area contributed by atoms with Crippen molar-refractivity contribution in [1.29, 1.82) is 0 Å². The lowest BCUT2D eigenvalue weighted by atomic mass is 10.1. The van der Waals surface area contributed by atoms with Gasteiger partial charge in [-0.3, -0.25) is 0 Å². The van der Waals surface area contributed by atoms with Crippen molar-refractivity contribution in [1.82, 2.24) is 9.55 Å². The summed E-state index contributed by atoms with van der Waals surface area (Å²) >= 11 is 0. The Balaban J connectivity index is 2.34. The fraction of sp³-hybridized carbons (Fsp3) is 0.786. The van der Waals surface area contributed by atoms with Crippen LogP contribution in [0.5, 0.6) is 0 Å². The Morgan fingerprint density at radius 1 is 1.39 bits per heavy atom. The molecule has 1 aromatic heterocycles. The van der Waals surface area contributed by atoms with E-state index in [-0.39, 0.29) is 0 Å². The predicted octanol–water partition coefficient (Wildman–Crippen LogP) is 3.30. The van der Waals surface area contributed by atoms with E-state index in [0.29, 0.717) is 6.04 Å². The molecule has 1 unspecified atom stereocenters. The van der Waals surface area contributed by atoms with Gasteiger partial charge in [-0.2, -0.15) is 0 Å². The van der Waals surface area contributed by atoms with Crippen molar-refractivity contribution < 1.29 is 4.74 Å². The van der Waals surface area contributed by atoms with E-state index in [1.165, 1.54) is 25.7 Å². The number of anilines is 1. The first-order valence-electron chi connectivity index (χ1n) is 7.04. The van der Waals surface area contributed by atoms with Gasteiger partial charge >= 0.3 is 0 Å². The van der Waals surface area contributed by atoms with Gasteiger partial charge in [-0.1, -0.05) is 26.2 Å². The standard InChI is InChI=1S/C14H27N3O/c1-4-5-6-8-13(2)16-14-15-9-11-17(14)10-7-12-18-3/h9,11,13H,4-8,10,12H2,1-3H3,(H,15,16). The number of nitrogens with zero attached hydrogens (tertiary/aromatic N) is 2. The van der Waals surface area contributed by atoms with Gasteiger partial charge in [-0.15, -0.1) is 0 Å². The van der Waals surface area contributed by atoms with Crippen molar-refractivity contribution in [3.8, 4) is 0 Å². The number of hydrogen-bond donors (Lipinski definition) is 1. The first-order chi connectivity index (χ1) is 8.77. The Hall–Kier alpha value is -1.03. The summed E-state index contributed by atoms with van der Waals surface area (Å²) in [6, 6.07) is 0.486. The molecule has 1 heterocycles. The molecule has 0 aliphatic rings. The van der Waals surface area contributed by atoms with Crippen molar-refractivity contribution in [3.05, 3.63) is 12.4 Å². The van der Waals surface area contributed by atoms with Gasteiger partial charge in [0.2, 0.25) is 5.95 Å². The topological polar surface area (TPSA) is 39.1 Å².